The monoisotopic (exact) mass is 224 g/mol. The Bertz CT molecular complexity index is 262. The van der Waals surface area contributed by atoms with E-state index in [1.165, 1.54) is 0 Å². The number of halogens is 1. The lowest BCUT2D eigenvalue weighted by Gasteiger charge is -2.02. The first-order valence-corrected chi connectivity index (χ1v) is 7.05. The minimum Gasteiger partial charge on any atom is -0.460 e. The number of thiol groups is 1. The second-order valence-corrected chi connectivity index (χ2v) is 6.23. The van der Waals surface area contributed by atoms with E-state index in [9.17, 15) is 0 Å². The van der Waals surface area contributed by atoms with Crippen molar-refractivity contribution in [2.75, 3.05) is 0 Å². The van der Waals surface area contributed by atoms with Gasteiger partial charge in [-0.2, -0.15) is 0 Å². The number of hydrogen-bond acceptors (Lipinski definition) is 2. The minimum atomic E-state index is -1.36. The molecule has 1 aromatic carbocycles. The minimum absolute atomic E-state index is 0.689. The fourth-order valence-electron chi connectivity index (χ4n) is 0.603. The topological polar surface area (TPSA) is 9.23 Å². The van der Waals surface area contributed by atoms with Crippen molar-refractivity contribution >= 4 is 41.8 Å². The molecule has 1 aromatic rings. The van der Waals surface area contributed by atoms with Gasteiger partial charge in [0.1, 0.15) is 5.75 Å². The summed E-state index contributed by atoms with van der Waals surface area (Å²) >= 11 is 14.5. The summed E-state index contributed by atoms with van der Waals surface area (Å²) in [6.45, 7) is 0. The fraction of sp³-hybridized carbons (Fsp3) is 0. The molecule has 0 saturated carbocycles. The summed E-state index contributed by atoms with van der Waals surface area (Å²) in [5.74, 6) is 0.730. The third kappa shape index (κ3) is 3.48. The van der Waals surface area contributed by atoms with Crippen LogP contribution in [-0.4, -0.2) is 0 Å². The van der Waals surface area contributed by atoms with E-state index in [-0.39, 0.29) is 0 Å². The lowest BCUT2D eigenvalue weighted by molar-refractivity contribution is 0.641. The van der Waals surface area contributed by atoms with Gasteiger partial charge in [0, 0.05) is 5.02 Å². The number of rotatable bonds is 2. The van der Waals surface area contributed by atoms with Gasteiger partial charge in [-0.3, -0.25) is 0 Å². The number of benzene rings is 1. The molecular weight excluding hydrogens is 219 g/mol. The summed E-state index contributed by atoms with van der Waals surface area (Å²) in [7, 11) is 0. The molecule has 0 saturated heterocycles. The average molecular weight is 225 g/mol. The predicted octanol–water partition coefficient (Wildman–Crippen LogP) is 3.15. The van der Waals surface area contributed by atoms with Gasteiger partial charge in [-0.05, 0) is 36.1 Å². The van der Waals surface area contributed by atoms with E-state index < -0.39 is 6.13 Å². The molecule has 0 aliphatic carbocycles. The number of hydrogen-bond donors (Lipinski definition) is 1. The van der Waals surface area contributed by atoms with Gasteiger partial charge in [0.15, 0.2) is 6.13 Å². The lowest BCUT2D eigenvalue weighted by atomic mass is 10.3. The molecule has 1 rings (SSSR count). The first kappa shape index (κ1) is 9.40. The first-order chi connectivity index (χ1) is 5.18. The molecule has 1 nitrogen and oxygen atoms in total. The van der Waals surface area contributed by atoms with Crippen LogP contribution in [0.4, 0.5) is 0 Å². The lowest BCUT2D eigenvalue weighted by Crippen LogP contribution is -1.75. The molecule has 0 heterocycles. The molecule has 11 heavy (non-hydrogen) atoms. The SMILES string of the molecule is S=[PH](S)Oc1ccc(Cl)cc1. The third-order valence-electron chi connectivity index (χ3n) is 1.02. The summed E-state index contributed by atoms with van der Waals surface area (Å²) in [5.41, 5.74) is 0. The molecule has 60 valence electrons. The van der Waals surface area contributed by atoms with Gasteiger partial charge in [0.25, 0.3) is 0 Å². The van der Waals surface area contributed by atoms with Crippen molar-refractivity contribution in [3.8, 4) is 5.75 Å². The van der Waals surface area contributed by atoms with Crippen LogP contribution >= 0.6 is 30.0 Å². The van der Waals surface area contributed by atoms with Crippen molar-refractivity contribution in [3.05, 3.63) is 29.3 Å². The summed E-state index contributed by atoms with van der Waals surface area (Å²) < 4.78 is 5.19. The van der Waals surface area contributed by atoms with Gasteiger partial charge in [-0.1, -0.05) is 11.6 Å². The predicted molar refractivity (Wildman–Crippen MR) is 56.7 cm³/mol. The van der Waals surface area contributed by atoms with Crippen LogP contribution in [0.5, 0.6) is 5.75 Å². The van der Waals surface area contributed by atoms with Crippen LogP contribution in [0.2, 0.25) is 5.02 Å². The van der Waals surface area contributed by atoms with Crippen LogP contribution < -0.4 is 4.52 Å². The summed E-state index contributed by atoms with van der Waals surface area (Å²) in [4.78, 5) is 0. The van der Waals surface area contributed by atoms with Crippen molar-refractivity contribution in [3.63, 3.8) is 0 Å². The smallest absolute Gasteiger partial charge is 0.153 e. The Balaban J connectivity index is 2.74. The zero-order valence-corrected chi connectivity index (χ0v) is 8.92. The van der Waals surface area contributed by atoms with Gasteiger partial charge >= 0.3 is 0 Å². The van der Waals surface area contributed by atoms with Crippen LogP contribution in [0.25, 0.3) is 0 Å². The highest BCUT2D eigenvalue weighted by Gasteiger charge is 1.92. The maximum Gasteiger partial charge on any atom is 0.153 e. The second kappa shape index (κ2) is 4.36. The van der Waals surface area contributed by atoms with Gasteiger partial charge in [-0.15, -0.1) is 12.2 Å². The molecule has 0 spiro atoms. The van der Waals surface area contributed by atoms with Crippen molar-refractivity contribution < 1.29 is 4.52 Å². The second-order valence-electron chi connectivity index (χ2n) is 1.82. The molecule has 0 aliphatic heterocycles. The van der Waals surface area contributed by atoms with E-state index in [0.717, 1.165) is 5.75 Å². The molecule has 0 N–H and O–H groups in total. The Hall–Kier alpha value is 0.310. The highest BCUT2D eigenvalue weighted by molar-refractivity contribution is 8.54. The van der Waals surface area contributed by atoms with Crippen LogP contribution in [0.3, 0.4) is 0 Å². The average Bonchev–Trinajstić information content (AvgIpc) is 1.93. The van der Waals surface area contributed by atoms with Gasteiger partial charge in [0.2, 0.25) is 0 Å². The molecule has 1 unspecified atom stereocenters. The van der Waals surface area contributed by atoms with Crippen LogP contribution in [0.15, 0.2) is 24.3 Å². The molecule has 0 amide bonds. The first-order valence-electron chi connectivity index (χ1n) is 2.85. The highest BCUT2D eigenvalue weighted by atomic mass is 35.5. The van der Waals surface area contributed by atoms with E-state index >= 15 is 0 Å². The Labute approximate surface area is 81.4 Å². The van der Waals surface area contributed by atoms with Crippen molar-refractivity contribution in [2.24, 2.45) is 0 Å². The van der Waals surface area contributed by atoms with E-state index in [4.69, 9.17) is 27.9 Å². The standard InChI is InChI=1S/C6H6ClOPS2/c7-5-1-3-6(4-2-5)8-9(10)11/h1-4,9H,(H,10,11). The van der Waals surface area contributed by atoms with Crippen LogP contribution in [0, 0.1) is 0 Å². The van der Waals surface area contributed by atoms with Gasteiger partial charge < -0.3 is 4.52 Å². The molecule has 0 radical (unpaired) electrons. The Kier molecular flexibility index (Phi) is 3.73. The van der Waals surface area contributed by atoms with Gasteiger partial charge in [0.05, 0.1) is 0 Å². The molecule has 1 atom stereocenters. The van der Waals surface area contributed by atoms with E-state index in [0.29, 0.717) is 5.02 Å². The largest absolute Gasteiger partial charge is 0.460 e. The quantitative estimate of drug-likeness (QED) is 0.611. The van der Waals surface area contributed by atoms with Gasteiger partial charge in [-0.25, -0.2) is 0 Å². The normalized spacial score (nSPS) is 12.5. The van der Waals surface area contributed by atoms with E-state index in [2.05, 4.69) is 12.2 Å². The van der Waals surface area contributed by atoms with Crippen LogP contribution in [0.1, 0.15) is 0 Å². The van der Waals surface area contributed by atoms with E-state index in [1.54, 1.807) is 24.3 Å². The zero-order valence-electron chi connectivity index (χ0n) is 5.45. The maximum absolute atomic E-state index is 5.66. The summed E-state index contributed by atoms with van der Waals surface area (Å²) in [6.07, 6.45) is -1.36. The molecular formula is C6H6ClOPS2. The molecule has 5 heteroatoms. The summed E-state index contributed by atoms with van der Waals surface area (Å²) in [5, 5.41) is 0.689. The zero-order chi connectivity index (χ0) is 8.27. The Morgan fingerprint density at radius 1 is 1.36 bits per heavy atom. The van der Waals surface area contributed by atoms with Crippen molar-refractivity contribution in [1.82, 2.24) is 0 Å². The van der Waals surface area contributed by atoms with E-state index in [1.807, 2.05) is 0 Å². The van der Waals surface area contributed by atoms with Crippen molar-refractivity contribution in [1.29, 1.82) is 0 Å². The Morgan fingerprint density at radius 3 is 2.36 bits per heavy atom. The maximum atomic E-state index is 5.66. The highest BCUT2D eigenvalue weighted by Crippen LogP contribution is 2.30. The molecule has 0 aliphatic rings. The Morgan fingerprint density at radius 2 is 1.91 bits per heavy atom. The summed E-state index contributed by atoms with van der Waals surface area (Å²) in [6, 6.07) is 7.06. The molecule has 0 aromatic heterocycles. The fourth-order valence-corrected chi connectivity index (χ4v) is 1.67. The molecule has 0 bridgehead atoms. The molecule has 0 fully saturated rings. The van der Waals surface area contributed by atoms with Crippen LogP contribution in [-0.2, 0) is 11.8 Å². The third-order valence-corrected chi connectivity index (χ3v) is 2.20. The van der Waals surface area contributed by atoms with Crippen molar-refractivity contribution in [2.45, 2.75) is 0 Å².